The number of aromatic nitrogens is 5. The van der Waals surface area contributed by atoms with Crippen molar-refractivity contribution in [3.63, 3.8) is 0 Å². The topological polar surface area (TPSA) is 78.9 Å². The van der Waals surface area contributed by atoms with Crippen LogP contribution in [-0.2, 0) is 0 Å². The molecule has 7 nitrogen and oxygen atoms in total. The average Bonchev–Trinajstić information content (AvgIpc) is 3.42. The SMILES string of the molecule is COc1ccc(-c2nnc(S[C@H](C)c3nnc(-c4ccccc4)o3)n2C(C)C)cc1. The minimum atomic E-state index is -0.0691. The third-order valence-corrected chi connectivity index (χ3v) is 5.66. The van der Waals surface area contributed by atoms with Crippen LogP contribution in [0.1, 0.15) is 38.0 Å². The van der Waals surface area contributed by atoms with Gasteiger partial charge in [0.05, 0.1) is 12.4 Å². The third kappa shape index (κ3) is 4.09. The lowest BCUT2D eigenvalue weighted by Crippen LogP contribution is -2.06. The van der Waals surface area contributed by atoms with Crippen molar-refractivity contribution in [2.45, 2.75) is 37.2 Å². The van der Waals surface area contributed by atoms with Crippen LogP contribution in [0.4, 0.5) is 0 Å². The summed E-state index contributed by atoms with van der Waals surface area (Å²) in [7, 11) is 1.66. The van der Waals surface area contributed by atoms with E-state index in [1.165, 1.54) is 0 Å². The Morgan fingerprint density at radius 3 is 2.27 bits per heavy atom. The molecule has 0 unspecified atom stereocenters. The zero-order valence-electron chi connectivity index (χ0n) is 17.3. The second-order valence-corrected chi connectivity index (χ2v) is 8.38. The number of benzene rings is 2. The molecule has 0 radical (unpaired) electrons. The highest BCUT2D eigenvalue weighted by Crippen LogP contribution is 2.37. The van der Waals surface area contributed by atoms with Crippen LogP contribution in [0.5, 0.6) is 5.75 Å². The molecule has 0 aliphatic carbocycles. The van der Waals surface area contributed by atoms with Crippen LogP contribution in [0.15, 0.2) is 64.2 Å². The minimum absolute atomic E-state index is 0.0691. The van der Waals surface area contributed by atoms with E-state index in [0.717, 1.165) is 27.9 Å². The lowest BCUT2D eigenvalue weighted by atomic mass is 10.2. The molecule has 2 heterocycles. The smallest absolute Gasteiger partial charge is 0.247 e. The van der Waals surface area contributed by atoms with Crippen molar-refractivity contribution in [1.82, 2.24) is 25.0 Å². The van der Waals surface area contributed by atoms with Crippen molar-refractivity contribution in [2.75, 3.05) is 7.11 Å². The first-order valence-corrected chi connectivity index (χ1v) is 10.6. The van der Waals surface area contributed by atoms with Crippen molar-refractivity contribution in [3.8, 4) is 28.6 Å². The largest absolute Gasteiger partial charge is 0.497 e. The summed E-state index contributed by atoms with van der Waals surface area (Å²) >= 11 is 1.55. The van der Waals surface area contributed by atoms with Crippen molar-refractivity contribution >= 4 is 11.8 Å². The molecule has 0 aliphatic rings. The van der Waals surface area contributed by atoms with Gasteiger partial charge in [-0.05, 0) is 57.2 Å². The van der Waals surface area contributed by atoms with Crippen LogP contribution in [0.3, 0.4) is 0 Å². The third-order valence-electron chi connectivity index (χ3n) is 4.62. The van der Waals surface area contributed by atoms with Gasteiger partial charge in [0.2, 0.25) is 11.8 Å². The molecule has 8 heteroatoms. The van der Waals surface area contributed by atoms with Gasteiger partial charge in [0.25, 0.3) is 0 Å². The Balaban J connectivity index is 1.58. The molecule has 0 bridgehead atoms. The number of rotatable bonds is 7. The number of hydrogen-bond acceptors (Lipinski definition) is 7. The maximum absolute atomic E-state index is 5.91. The maximum atomic E-state index is 5.91. The molecule has 0 saturated heterocycles. The summed E-state index contributed by atoms with van der Waals surface area (Å²) in [6, 6.07) is 17.8. The number of ether oxygens (including phenoxy) is 1. The molecule has 154 valence electrons. The van der Waals surface area contributed by atoms with Gasteiger partial charge in [-0.3, -0.25) is 4.57 Å². The summed E-state index contributed by atoms with van der Waals surface area (Å²) < 4.78 is 13.3. The van der Waals surface area contributed by atoms with Gasteiger partial charge in [-0.25, -0.2) is 0 Å². The summed E-state index contributed by atoms with van der Waals surface area (Å²) in [6.45, 7) is 6.26. The second kappa shape index (κ2) is 8.71. The molecule has 2 aromatic carbocycles. The molecule has 4 aromatic rings. The Kier molecular flexibility index (Phi) is 5.85. The van der Waals surface area contributed by atoms with E-state index < -0.39 is 0 Å². The average molecular weight is 422 g/mol. The number of thioether (sulfide) groups is 1. The fraction of sp³-hybridized carbons (Fsp3) is 0.273. The van der Waals surface area contributed by atoms with Gasteiger partial charge in [0.15, 0.2) is 11.0 Å². The minimum Gasteiger partial charge on any atom is -0.497 e. The van der Waals surface area contributed by atoms with E-state index in [-0.39, 0.29) is 11.3 Å². The quantitative estimate of drug-likeness (QED) is 0.368. The van der Waals surface area contributed by atoms with Gasteiger partial charge in [0.1, 0.15) is 5.75 Å². The lowest BCUT2D eigenvalue weighted by molar-refractivity contribution is 0.415. The summed E-state index contributed by atoms with van der Waals surface area (Å²) in [6.07, 6.45) is 0. The van der Waals surface area contributed by atoms with E-state index in [0.29, 0.717) is 11.8 Å². The van der Waals surface area contributed by atoms with Gasteiger partial charge in [0, 0.05) is 17.2 Å². The highest BCUT2D eigenvalue weighted by atomic mass is 32.2. The Bertz CT molecular complexity index is 1110. The van der Waals surface area contributed by atoms with Crippen LogP contribution in [0, 0.1) is 0 Å². The molecule has 0 spiro atoms. The molecule has 0 aliphatic heterocycles. The predicted octanol–water partition coefficient (Wildman–Crippen LogP) is 5.44. The fourth-order valence-corrected chi connectivity index (χ4v) is 4.08. The van der Waals surface area contributed by atoms with Gasteiger partial charge < -0.3 is 9.15 Å². The second-order valence-electron chi connectivity index (χ2n) is 7.07. The van der Waals surface area contributed by atoms with Gasteiger partial charge in [-0.2, -0.15) is 0 Å². The first kappa shape index (κ1) is 20.2. The molecule has 0 N–H and O–H groups in total. The number of hydrogen-bond donors (Lipinski definition) is 0. The zero-order chi connectivity index (χ0) is 21.1. The van der Waals surface area contributed by atoms with Crippen LogP contribution in [0.25, 0.3) is 22.8 Å². The Morgan fingerprint density at radius 2 is 1.60 bits per heavy atom. The van der Waals surface area contributed by atoms with E-state index in [2.05, 4.69) is 38.8 Å². The molecule has 4 rings (SSSR count). The Labute approximate surface area is 179 Å². The fourth-order valence-electron chi connectivity index (χ4n) is 3.06. The normalized spacial score (nSPS) is 12.3. The van der Waals surface area contributed by atoms with Gasteiger partial charge >= 0.3 is 0 Å². The van der Waals surface area contributed by atoms with Crippen molar-refractivity contribution in [3.05, 3.63) is 60.5 Å². The molecule has 30 heavy (non-hydrogen) atoms. The highest BCUT2D eigenvalue weighted by Gasteiger charge is 2.22. The summed E-state index contributed by atoms with van der Waals surface area (Å²) in [5.74, 6) is 2.70. The molecule has 2 aromatic heterocycles. The van der Waals surface area contributed by atoms with Crippen LogP contribution < -0.4 is 4.74 Å². The summed E-state index contributed by atoms with van der Waals surface area (Å²) in [5.41, 5.74) is 1.89. The van der Waals surface area contributed by atoms with Crippen LogP contribution >= 0.6 is 11.8 Å². The molecule has 0 fully saturated rings. The molecule has 0 saturated carbocycles. The Hall–Kier alpha value is -3.13. The molecule has 1 atom stereocenters. The molecular formula is C22H23N5O2S. The van der Waals surface area contributed by atoms with Gasteiger partial charge in [-0.15, -0.1) is 20.4 Å². The van der Waals surface area contributed by atoms with Gasteiger partial charge in [-0.1, -0.05) is 30.0 Å². The van der Waals surface area contributed by atoms with E-state index in [4.69, 9.17) is 9.15 Å². The summed E-state index contributed by atoms with van der Waals surface area (Å²) in [4.78, 5) is 0. The molecule has 0 amide bonds. The zero-order valence-corrected chi connectivity index (χ0v) is 18.1. The monoisotopic (exact) mass is 421 g/mol. The molecular weight excluding hydrogens is 398 g/mol. The highest BCUT2D eigenvalue weighted by molar-refractivity contribution is 7.99. The first-order valence-electron chi connectivity index (χ1n) is 9.71. The number of methoxy groups -OCH3 is 1. The summed E-state index contributed by atoms with van der Waals surface area (Å²) in [5, 5.41) is 18.1. The van der Waals surface area contributed by atoms with E-state index in [1.54, 1.807) is 18.9 Å². The first-order chi connectivity index (χ1) is 14.6. The number of nitrogens with zero attached hydrogens (tertiary/aromatic N) is 5. The maximum Gasteiger partial charge on any atom is 0.247 e. The van der Waals surface area contributed by atoms with E-state index in [9.17, 15) is 0 Å². The van der Waals surface area contributed by atoms with Crippen molar-refractivity contribution < 1.29 is 9.15 Å². The van der Waals surface area contributed by atoms with Crippen molar-refractivity contribution in [2.24, 2.45) is 0 Å². The van der Waals surface area contributed by atoms with Crippen LogP contribution in [-0.4, -0.2) is 32.1 Å². The predicted molar refractivity (Wildman–Crippen MR) is 116 cm³/mol. The van der Waals surface area contributed by atoms with E-state index in [1.807, 2.05) is 61.5 Å². The lowest BCUT2D eigenvalue weighted by Gasteiger charge is -2.15. The van der Waals surface area contributed by atoms with Crippen LogP contribution in [0.2, 0.25) is 0 Å². The van der Waals surface area contributed by atoms with E-state index >= 15 is 0 Å². The Morgan fingerprint density at radius 1 is 0.867 bits per heavy atom. The standard InChI is InChI=1S/C22H23N5O2S/c1-14(2)27-19(16-10-12-18(28-4)13-11-16)23-26-22(27)30-15(3)20-24-25-21(29-20)17-8-6-5-7-9-17/h5-15H,1-4H3/t15-/m1/s1. The van der Waals surface area contributed by atoms with Crippen molar-refractivity contribution in [1.29, 1.82) is 0 Å².